The lowest BCUT2D eigenvalue weighted by Gasteiger charge is -2.30. The molecule has 7 heteroatoms. The summed E-state index contributed by atoms with van der Waals surface area (Å²) in [6.07, 6.45) is 0.237. The third kappa shape index (κ3) is 3.81. The zero-order valence-electron chi connectivity index (χ0n) is 16.4. The highest BCUT2D eigenvalue weighted by Crippen LogP contribution is 2.29. The quantitative estimate of drug-likeness (QED) is 0.840. The smallest absolute Gasteiger partial charge is 0.322 e. The van der Waals surface area contributed by atoms with Crippen molar-refractivity contribution in [1.29, 1.82) is 0 Å². The van der Waals surface area contributed by atoms with Crippen LogP contribution >= 0.6 is 0 Å². The van der Waals surface area contributed by atoms with E-state index in [1.165, 1.54) is 0 Å². The van der Waals surface area contributed by atoms with E-state index >= 15 is 0 Å². The molecule has 2 saturated heterocycles. The summed E-state index contributed by atoms with van der Waals surface area (Å²) in [6, 6.07) is 14.6. The van der Waals surface area contributed by atoms with E-state index in [4.69, 9.17) is 0 Å². The lowest BCUT2D eigenvalue weighted by molar-refractivity contribution is -0.121. The fraction of sp³-hybridized carbons (Fsp3) is 0.318. The van der Waals surface area contributed by atoms with Gasteiger partial charge >= 0.3 is 6.03 Å². The number of nitrogens with one attached hydrogen (secondary N) is 2. The van der Waals surface area contributed by atoms with E-state index in [2.05, 4.69) is 10.6 Å². The molecule has 2 aliphatic rings. The van der Waals surface area contributed by atoms with Gasteiger partial charge in [0, 0.05) is 37.4 Å². The minimum Gasteiger partial charge on any atom is -0.354 e. The van der Waals surface area contributed by atoms with Crippen LogP contribution in [0.2, 0.25) is 0 Å². The number of hydrogen-bond acceptors (Lipinski definition) is 3. The van der Waals surface area contributed by atoms with Crippen molar-refractivity contribution < 1.29 is 14.4 Å². The van der Waals surface area contributed by atoms with Gasteiger partial charge in [-0.3, -0.25) is 14.5 Å². The Hall–Kier alpha value is -3.35. The number of amides is 4. The second kappa shape index (κ2) is 7.95. The van der Waals surface area contributed by atoms with Gasteiger partial charge in [-0.05, 0) is 36.2 Å². The fourth-order valence-electron chi connectivity index (χ4n) is 4.00. The molecule has 150 valence electrons. The molecule has 7 nitrogen and oxygen atoms in total. The number of anilines is 1. The third-order valence-corrected chi connectivity index (χ3v) is 5.47. The van der Waals surface area contributed by atoms with Gasteiger partial charge in [-0.1, -0.05) is 30.3 Å². The standard InChI is InChI=1S/C22H24N4O3/c1-15-13-17(7-8-18(15)26-12-10-24-22(26)29)21(28)25-11-9-23-20(27)14-19(25)16-5-3-2-4-6-16/h2-8,13,19H,9-12,14H2,1H3,(H,23,27)(H,24,29). The molecule has 0 aliphatic carbocycles. The molecular formula is C22H24N4O3. The summed E-state index contributed by atoms with van der Waals surface area (Å²) in [4.78, 5) is 41.0. The minimum atomic E-state index is -0.310. The molecule has 0 bridgehead atoms. The summed E-state index contributed by atoms with van der Waals surface area (Å²) in [5.41, 5.74) is 3.18. The Kier molecular flexibility index (Phi) is 5.20. The van der Waals surface area contributed by atoms with E-state index < -0.39 is 0 Å². The fourth-order valence-corrected chi connectivity index (χ4v) is 4.00. The van der Waals surface area contributed by atoms with E-state index in [1.807, 2.05) is 49.4 Å². The van der Waals surface area contributed by atoms with Crippen molar-refractivity contribution >= 4 is 23.5 Å². The van der Waals surface area contributed by atoms with Crippen LogP contribution in [0.15, 0.2) is 48.5 Å². The molecule has 1 unspecified atom stereocenters. The summed E-state index contributed by atoms with van der Waals surface area (Å²) < 4.78 is 0. The molecule has 2 aromatic carbocycles. The van der Waals surface area contributed by atoms with Crippen LogP contribution in [-0.2, 0) is 4.79 Å². The maximum Gasteiger partial charge on any atom is 0.322 e. The van der Waals surface area contributed by atoms with Crippen molar-refractivity contribution in [1.82, 2.24) is 15.5 Å². The number of carbonyl (C=O) groups excluding carboxylic acids is 3. The van der Waals surface area contributed by atoms with Crippen LogP contribution in [0, 0.1) is 6.92 Å². The predicted octanol–water partition coefficient (Wildman–Crippen LogP) is 2.23. The van der Waals surface area contributed by atoms with Crippen LogP contribution in [0.25, 0.3) is 0 Å². The molecule has 2 aliphatic heterocycles. The molecule has 4 rings (SSSR count). The van der Waals surface area contributed by atoms with Crippen LogP contribution in [-0.4, -0.2) is 48.9 Å². The first kappa shape index (κ1) is 19.0. The normalized spacial score (nSPS) is 19.6. The second-order valence-electron chi connectivity index (χ2n) is 7.36. The van der Waals surface area contributed by atoms with Gasteiger partial charge in [-0.2, -0.15) is 0 Å². The second-order valence-corrected chi connectivity index (χ2v) is 7.36. The zero-order valence-corrected chi connectivity index (χ0v) is 16.4. The van der Waals surface area contributed by atoms with Gasteiger partial charge in [0.05, 0.1) is 12.5 Å². The molecule has 0 aromatic heterocycles. The van der Waals surface area contributed by atoms with Crippen LogP contribution in [0.4, 0.5) is 10.5 Å². The Bertz CT molecular complexity index is 944. The lowest BCUT2D eigenvalue weighted by Crippen LogP contribution is -2.36. The number of urea groups is 1. The Morgan fingerprint density at radius 1 is 1.00 bits per heavy atom. The first-order valence-corrected chi connectivity index (χ1v) is 9.83. The largest absolute Gasteiger partial charge is 0.354 e. The molecule has 2 fully saturated rings. The maximum atomic E-state index is 13.4. The Labute approximate surface area is 169 Å². The van der Waals surface area contributed by atoms with Gasteiger partial charge in [0.2, 0.25) is 5.91 Å². The molecule has 1 atom stereocenters. The zero-order chi connectivity index (χ0) is 20.4. The van der Waals surface area contributed by atoms with Gasteiger partial charge in [-0.15, -0.1) is 0 Å². The average molecular weight is 392 g/mol. The van der Waals surface area contributed by atoms with Crippen molar-refractivity contribution in [3.05, 3.63) is 65.2 Å². The molecule has 2 N–H and O–H groups in total. The molecule has 2 heterocycles. The van der Waals surface area contributed by atoms with Gasteiger partial charge < -0.3 is 15.5 Å². The minimum absolute atomic E-state index is 0.0549. The van der Waals surface area contributed by atoms with E-state index in [1.54, 1.807) is 15.9 Å². The molecule has 0 spiro atoms. The van der Waals surface area contributed by atoms with Gasteiger partial charge in [0.15, 0.2) is 0 Å². The highest BCUT2D eigenvalue weighted by molar-refractivity contribution is 5.98. The number of carbonyl (C=O) groups is 3. The van der Waals surface area contributed by atoms with E-state index in [0.29, 0.717) is 31.7 Å². The van der Waals surface area contributed by atoms with E-state index in [0.717, 1.165) is 16.8 Å². The van der Waals surface area contributed by atoms with Crippen LogP contribution in [0.3, 0.4) is 0 Å². The summed E-state index contributed by atoms with van der Waals surface area (Å²) in [6.45, 7) is 4.01. The van der Waals surface area contributed by atoms with Gasteiger partial charge in [-0.25, -0.2) is 4.79 Å². The number of benzene rings is 2. The first-order valence-electron chi connectivity index (χ1n) is 9.83. The van der Waals surface area contributed by atoms with E-state index in [-0.39, 0.29) is 30.3 Å². The Balaban J connectivity index is 1.63. The summed E-state index contributed by atoms with van der Waals surface area (Å²) in [7, 11) is 0. The van der Waals surface area contributed by atoms with Crippen molar-refractivity contribution in [2.45, 2.75) is 19.4 Å². The number of hydrogen-bond donors (Lipinski definition) is 2. The molecule has 4 amide bonds. The predicted molar refractivity (Wildman–Crippen MR) is 110 cm³/mol. The number of aryl methyl sites for hydroxylation is 1. The van der Waals surface area contributed by atoms with Crippen molar-refractivity contribution in [2.75, 3.05) is 31.1 Å². The van der Waals surface area contributed by atoms with E-state index in [9.17, 15) is 14.4 Å². The van der Waals surface area contributed by atoms with Crippen LogP contribution in [0.1, 0.15) is 33.9 Å². The van der Waals surface area contributed by atoms with Crippen LogP contribution < -0.4 is 15.5 Å². The molecule has 0 saturated carbocycles. The maximum absolute atomic E-state index is 13.4. The highest BCUT2D eigenvalue weighted by atomic mass is 16.2. The average Bonchev–Trinajstić information content (AvgIpc) is 3.05. The van der Waals surface area contributed by atoms with Crippen molar-refractivity contribution in [3.63, 3.8) is 0 Å². The van der Waals surface area contributed by atoms with Crippen molar-refractivity contribution in [2.24, 2.45) is 0 Å². The monoisotopic (exact) mass is 392 g/mol. The number of nitrogens with zero attached hydrogens (tertiary/aromatic N) is 2. The molecule has 2 aromatic rings. The van der Waals surface area contributed by atoms with Gasteiger partial charge in [0.25, 0.3) is 5.91 Å². The summed E-state index contributed by atoms with van der Waals surface area (Å²) in [5.74, 6) is -0.170. The molecule has 29 heavy (non-hydrogen) atoms. The third-order valence-electron chi connectivity index (χ3n) is 5.47. The Morgan fingerprint density at radius 2 is 1.76 bits per heavy atom. The Morgan fingerprint density at radius 3 is 2.45 bits per heavy atom. The topological polar surface area (TPSA) is 81.8 Å². The van der Waals surface area contributed by atoms with Crippen molar-refractivity contribution in [3.8, 4) is 0 Å². The summed E-state index contributed by atoms with van der Waals surface area (Å²) >= 11 is 0. The molecule has 0 radical (unpaired) electrons. The number of rotatable bonds is 3. The van der Waals surface area contributed by atoms with Gasteiger partial charge in [0.1, 0.15) is 0 Å². The van der Waals surface area contributed by atoms with Crippen LogP contribution in [0.5, 0.6) is 0 Å². The lowest BCUT2D eigenvalue weighted by atomic mass is 10.00. The summed E-state index contributed by atoms with van der Waals surface area (Å²) in [5, 5.41) is 5.65. The SMILES string of the molecule is Cc1cc(C(=O)N2CCNC(=O)CC2c2ccccc2)ccc1N1CCNC1=O. The first-order chi connectivity index (χ1) is 14.0. The highest BCUT2D eigenvalue weighted by Gasteiger charge is 2.31. The molecular weight excluding hydrogens is 368 g/mol.